The minimum atomic E-state index is -0.381. The van der Waals surface area contributed by atoms with Gasteiger partial charge in [0.2, 0.25) is 5.75 Å². The standard InChI is InChI=1S/C29H30Cl2N4O4/c1-37-26-16-19(17-27(38-2)28(26)39-3)24-18-25(22-6-4-5-7-23(22)33-24)34-29(36)32-20-8-10-21(11-9-20)35(14-12-30)15-13-31/h4-11,16-18H,12-15H2,1-3H3,(H2,32,33,34,36). The number of pyridine rings is 1. The van der Waals surface area contributed by atoms with Crippen LogP contribution in [0.1, 0.15) is 0 Å². The number of anilines is 3. The molecule has 0 saturated carbocycles. The Balaban J connectivity index is 1.61. The molecule has 8 nitrogen and oxygen atoms in total. The van der Waals surface area contributed by atoms with E-state index in [2.05, 4.69) is 15.5 Å². The number of nitrogens with zero attached hydrogens (tertiary/aromatic N) is 2. The largest absolute Gasteiger partial charge is 0.493 e. The number of amides is 2. The Labute approximate surface area is 237 Å². The predicted molar refractivity (Wildman–Crippen MR) is 160 cm³/mol. The molecule has 204 valence electrons. The number of carbonyl (C=O) groups is 1. The maximum absolute atomic E-state index is 13.0. The smallest absolute Gasteiger partial charge is 0.323 e. The minimum Gasteiger partial charge on any atom is -0.493 e. The minimum absolute atomic E-state index is 0.381. The van der Waals surface area contributed by atoms with Gasteiger partial charge in [-0.15, -0.1) is 23.2 Å². The van der Waals surface area contributed by atoms with Gasteiger partial charge in [0.15, 0.2) is 11.5 Å². The fraction of sp³-hybridized carbons (Fsp3) is 0.241. The van der Waals surface area contributed by atoms with E-state index in [0.29, 0.717) is 59.2 Å². The van der Waals surface area contributed by atoms with Crippen LogP contribution in [0.4, 0.5) is 21.9 Å². The van der Waals surface area contributed by atoms with Crippen LogP contribution in [0, 0.1) is 0 Å². The number of para-hydroxylation sites is 1. The molecule has 0 spiro atoms. The first-order valence-electron chi connectivity index (χ1n) is 12.3. The number of hydrogen-bond acceptors (Lipinski definition) is 6. The molecule has 39 heavy (non-hydrogen) atoms. The monoisotopic (exact) mass is 568 g/mol. The third-order valence-electron chi connectivity index (χ3n) is 6.12. The van der Waals surface area contributed by atoms with Gasteiger partial charge in [0, 0.05) is 47.2 Å². The van der Waals surface area contributed by atoms with Gasteiger partial charge in [0.05, 0.1) is 38.2 Å². The zero-order valence-electron chi connectivity index (χ0n) is 22.0. The van der Waals surface area contributed by atoms with Crippen molar-refractivity contribution in [2.24, 2.45) is 0 Å². The molecule has 1 aromatic heterocycles. The Bertz CT molecular complexity index is 1400. The van der Waals surface area contributed by atoms with Crippen LogP contribution in [0.15, 0.2) is 66.7 Å². The van der Waals surface area contributed by atoms with Crippen LogP contribution in [0.25, 0.3) is 22.2 Å². The highest BCUT2D eigenvalue weighted by molar-refractivity contribution is 6.18. The number of aromatic nitrogens is 1. The quantitative estimate of drug-likeness (QED) is 0.192. The van der Waals surface area contributed by atoms with E-state index < -0.39 is 0 Å². The molecule has 2 amide bonds. The number of urea groups is 1. The first kappa shape index (κ1) is 28.1. The molecule has 0 radical (unpaired) electrons. The Hall–Kier alpha value is -3.88. The van der Waals surface area contributed by atoms with Crippen molar-refractivity contribution in [3.8, 4) is 28.5 Å². The Kier molecular flexibility index (Phi) is 9.57. The van der Waals surface area contributed by atoms with Crippen molar-refractivity contribution < 1.29 is 19.0 Å². The van der Waals surface area contributed by atoms with E-state index >= 15 is 0 Å². The maximum atomic E-state index is 13.0. The first-order chi connectivity index (χ1) is 19.0. The number of nitrogens with one attached hydrogen (secondary N) is 2. The van der Waals surface area contributed by atoms with Crippen LogP contribution in [-0.4, -0.2) is 57.2 Å². The number of hydrogen-bond donors (Lipinski definition) is 2. The van der Waals surface area contributed by atoms with Crippen molar-refractivity contribution in [2.75, 3.05) is 61.7 Å². The Morgan fingerprint density at radius 1 is 0.846 bits per heavy atom. The summed E-state index contributed by atoms with van der Waals surface area (Å²) in [6.07, 6.45) is 0. The SMILES string of the molecule is COc1cc(-c2cc(NC(=O)Nc3ccc(N(CCCl)CCCl)cc3)c3ccccc3n2)cc(OC)c1OC. The molecule has 10 heteroatoms. The number of ether oxygens (including phenoxy) is 3. The van der Waals surface area contributed by atoms with E-state index in [1.807, 2.05) is 66.7 Å². The fourth-order valence-corrected chi connectivity index (χ4v) is 4.68. The van der Waals surface area contributed by atoms with Gasteiger partial charge in [-0.05, 0) is 48.5 Å². The summed E-state index contributed by atoms with van der Waals surface area (Å²) in [6, 6.07) is 20.2. The highest BCUT2D eigenvalue weighted by Crippen LogP contribution is 2.41. The molecule has 2 N–H and O–H groups in total. The summed E-state index contributed by atoms with van der Waals surface area (Å²) >= 11 is 11.8. The summed E-state index contributed by atoms with van der Waals surface area (Å²) < 4.78 is 16.5. The lowest BCUT2D eigenvalue weighted by Gasteiger charge is -2.23. The second kappa shape index (κ2) is 13.3. The van der Waals surface area contributed by atoms with E-state index in [1.165, 1.54) is 0 Å². The topological polar surface area (TPSA) is 85.0 Å². The summed E-state index contributed by atoms with van der Waals surface area (Å²) in [5.74, 6) is 2.50. The zero-order chi connectivity index (χ0) is 27.8. The molecule has 4 rings (SSSR count). The molecule has 0 atom stereocenters. The predicted octanol–water partition coefficient (Wildman–Crippen LogP) is 6.86. The molecule has 4 aromatic rings. The van der Waals surface area contributed by atoms with Gasteiger partial charge in [0.25, 0.3) is 0 Å². The zero-order valence-corrected chi connectivity index (χ0v) is 23.5. The average molecular weight is 569 g/mol. The van der Waals surface area contributed by atoms with Crippen LogP contribution in [-0.2, 0) is 0 Å². The molecule has 3 aromatic carbocycles. The number of benzene rings is 3. The molecule has 1 heterocycles. The lowest BCUT2D eigenvalue weighted by Crippen LogP contribution is -2.27. The number of halogens is 2. The van der Waals surface area contributed by atoms with Gasteiger partial charge >= 0.3 is 6.03 Å². The number of fused-ring (bicyclic) bond motifs is 1. The fourth-order valence-electron chi connectivity index (χ4n) is 4.27. The van der Waals surface area contributed by atoms with Gasteiger partial charge < -0.3 is 29.7 Å². The average Bonchev–Trinajstić information content (AvgIpc) is 2.96. The van der Waals surface area contributed by atoms with Crippen LogP contribution in [0.3, 0.4) is 0 Å². The Morgan fingerprint density at radius 3 is 2.08 bits per heavy atom. The summed E-state index contributed by atoms with van der Waals surface area (Å²) in [7, 11) is 4.68. The van der Waals surface area contributed by atoms with Crippen molar-refractivity contribution in [3.05, 3.63) is 66.7 Å². The number of alkyl halides is 2. The van der Waals surface area contributed by atoms with E-state index in [-0.39, 0.29) is 6.03 Å². The van der Waals surface area contributed by atoms with Gasteiger partial charge in [-0.2, -0.15) is 0 Å². The van der Waals surface area contributed by atoms with Crippen LogP contribution >= 0.6 is 23.2 Å². The number of methoxy groups -OCH3 is 3. The molecular weight excluding hydrogens is 539 g/mol. The van der Waals surface area contributed by atoms with Gasteiger partial charge in [-0.3, -0.25) is 0 Å². The van der Waals surface area contributed by atoms with Crippen molar-refractivity contribution in [1.29, 1.82) is 0 Å². The molecular formula is C29H30Cl2N4O4. The van der Waals surface area contributed by atoms with Crippen molar-refractivity contribution in [1.82, 2.24) is 4.98 Å². The summed E-state index contributed by atoms with van der Waals surface area (Å²) in [5, 5.41) is 6.68. The molecule has 0 aliphatic carbocycles. The van der Waals surface area contributed by atoms with Gasteiger partial charge in [-0.25, -0.2) is 9.78 Å². The Morgan fingerprint density at radius 2 is 1.49 bits per heavy atom. The lowest BCUT2D eigenvalue weighted by molar-refractivity contribution is 0.262. The van der Waals surface area contributed by atoms with Crippen LogP contribution in [0.2, 0.25) is 0 Å². The summed E-state index contributed by atoms with van der Waals surface area (Å²) in [5.41, 5.74) is 4.34. The second-order valence-electron chi connectivity index (χ2n) is 8.48. The molecule has 0 aliphatic heterocycles. The molecule has 0 bridgehead atoms. The lowest BCUT2D eigenvalue weighted by atomic mass is 10.1. The molecule has 0 saturated heterocycles. The van der Waals surface area contributed by atoms with E-state index in [9.17, 15) is 4.79 Å². The molecule has 0 unspecified atom stereocenters. The van der Waals surface area contributed by atoms with E-state index in [1.54, 1.807) is 21.3 Å². The maximum Gasteiger partial charge on any atom is 0.323 e. The van der Waals surface area contributed by atoms with E-state index in [0.717, 1.165) is 22.2 Å². The molecule has 0 aliphatic rings. The highest BCUT2D eigenvalue weighted by Gasteiger charge is 2.17. The van der Waals surface area contributed by atoms with Crippen molar-refractivity contribution in [3.63, 3.8) is 0 Å². The van der Waals surface area contributed by atoms with Crippen LogP contribution in [0.5, 0.6) is 17.2 Å². The van der Waals surface area contributed by atoms with Crippen molar-refractivity contribution >= 4 is 57.2 Å². The molecule has 0 fully saturated rings. The third kappa shape index (κ3) is 6.58. The summed E-state index contributed by atoms with van der Waals surface area (Å²) in [6.45, 7) is 1.37. The normalized spacial score (nSPS) is 10.7. The van der Waals surface area contributed by atoms with Gasteiger partial charge in [-0.1, -0.05) is 18.2 Å². The number of carbonyl (C=O) groups excluding carboxylic acids is 1. The number of rotatable bonds is 11. The van der Waals surface area contributed by atoms with Crippen molar-refractivity contribution in [2.45, 2.75) is 0 Å². The third-order valence-corrected chi connectivity index (χ3v) is 6.46. The van der Waals surface area contributed by atoms with E-state index in [4.69, 9.17) is 42.4 Å². The second-order valence-corrected chi connectivity index (χ2v) is 9.23. The summed E-state index contributed by atoms with van der Waals surface area (Å²) in [4.78, 5) is 19.9. The first-order valence-corrected chi connectivity index (χ1v) is 13.3. The van der Waals surface area contributed by atoms with Gasteiger partial charge in [0.1, 0.15) is 0 Å². The highest BCUT2D eigenvalue weighted by atomic mass is 35.5. The van der Waals surface area contributed by atoms with Crippen LogP contribution < -0.4 is 29.7 Å².